The van der Waals surface area contributed by atoms with Gasteiger partial charge in [-0.05, 0) is 42.5 Å². The zero-order chi connectivity index (χ0) is 32.5. The summed E-state index contributed by atoms with van der Waals surface area (Å²) < 4.78 is 11.8. The molecule has 1 N–H and O–H groups in total. The van der Waals surface area contributed by atoms with Crippen LogP contribution in [0.25, 0.3) is 106 Å². The Balaban J connectivity index is 1.21. The van der Waals surface area contributed by atoms with E-state index in [2.05, 4.69) is 144 Å². The molecule has 0 spiro atoms. The van der Waals surface area contributed by atoms with Crippen LogP contribution in [-0.2, 0) is 0 Å². The molecule has 0 unspecified atom stereocenters. The number of thiophene rings is 2. The molecule has 0 bridgehead atoms. The number of para-hydroxylation sites is 2. The minimum atomic E-state index is 0.881. The van der Waals surface area contributed by atoms with Gasteiger partial charge in [-0.3, -0.25) is 0 Å². The summed E-state index contributed by atoms with van der Waals surface area (Å²) in [6.07, 6.45) is 0. The molecule has 12 aromatic rings. The fraction of sp³-hybridized carbons (Fsp3) is 0. The Morgan fingerprint density at radius 3 is 1.70 bits per heavy atom. The lowest BCUT2D eigenvalue weighted by atomic mass is 9.97. The van der Waals surface area contributed by atoms with E-state index in [0.29, 0.717) is 0 Å². The van der Waals surface area contributed by atoms with Crippen molar-refractivity contribution in [2.75, 3.05) is 0 Å². The molecule has 0 saturated carbocycles. The molecule has 4 heteroatoms. The van der Waals surface area contributed by atoms with Gasteiger partial charge in [0.05, 0.1) is 5.52 Å². The van der Waals surface area contributed by atoms with Gasteiger partial charge in [-0.15, -0.1) is 22.7 Å². The minimum Gasteiger partial charge on any atom is -0.455 e. The summed E-state index contributed by atoms with van der Waals surface area (Å²) in [4.78, 5) is 3.79. The lowest BCUT2D eigenvalue weighted by Gasteiger charge is -2.06. The van der Waals surface area contributed by atoms with Gasteiger partial charge < -0.3 is 9.40 Å². The van der Waals surface area contributed by atoms with Gasteiger partial charge in [-0.2, -0.15) is 0 Å². The predicted molar refractivity (Wildman–Crippen MR) is 216 cm³/mol. The molecule has 50 heavy (non-hydrogen) atoms. The Morgan fingerprint density at radius 1 is 0.440 bits per heavy atom. The molecule has 0 radical (unpaired) electrons. The lowest BCUT2D eigenvalue weighted by Crippen LogP contribution is -1.85. The number of fused-ring (bicyclic) bond motifs is 18. The quantitative estimate of drug-likeness (QED) is 0.160. The zero-order valence-electron chi connectivity index (χ0n) is 26.4. The first-order valence-electron chi connectivity index (χ1n) is 16.8. The predicted octanol–water partition coefficient (Wildman–Crippen LogP) is 13.7. The molecule has 0 aliphatic heterocycles. The van der Waals surface area contributed by atoms with Crippen molar-refractivity contribution < 1.29 is 4.42 Å². The Hall–Kier alpha value is -6.12. The van der Waals surface area contributed by atoms with Crippen molar-refractivity contribution in [1.29, 1.82) is 0 Å². The molecule has 2 nitrogen and oxygen atoms in total. The van der Waals surface area contributed by atoms with E-state index < -0.39 is 0 Å². The normalized spacial score (nSPS) is 12.2. The first kappa shape index (κ1) is 26.8. The molecule has 8 aromatic carbocycles. The third-order valence-electron chi connectivity index (χ3n) is 10.4. The van der Waals surface area contributed by atoms with Crippen molar-refractivity contribution in [2.45, 2.75) is 0 Å². The monoisotopic (exact) mass is 669 g/mol. The molecule has 0 saturated heterocycles. The molecule has 0 aliphatic rings. The molecule has 230 valence electrons. The van der Waals surface area contributed by atoms with Crippen LogP contribution in [0.2, 0.25) is 0 Å². The van der Waals surface area contributed by atoms with E-state index in [1.54, 1.807) is 0 Å². The van der Waals surface area contributed by atoms with E-state index in [-0.39, 0.29) is 0 Å². The topological polar surface area (TPSA) is 28.9 Å². The van der Waals surface area contributed by atoms with Crippen molar-refractivity contribution >= 4 is 128 Å². The summed E-state index contributed by atoms with van der Waals surface area (Å²) in [6.45, 7) is 0. The number of aromatic amines is 1. The maximum absolute atomic E-state index is 6.66. The van der Waals surface area contributed by atoms with Crippen LogP contribution < -0.4 is 0 Å². The molecule has 0 amide bonds. The number of hydrogen-bond acceptors (Lipinski definition) is 3. The average Bonchev–Trinajstić information content (AvgIpc) is 3.94. The highest BCUT2D eigenvalue weighted by Crippen LogP contribution is 2.45. The van der Waals surface area contributed by atoms with E-state index in [1.807, 2.05) is 28.7 Å². The van der Waals surface area contributed by atoms with Crippen LogP contribution in [0.1, 0.15) is 11.1 Å². The first-order valence-corrected chi connectivity index (χ1v) is 18.4. The minimum absolute atomic E-state index is 0.881. The van der Waals surface area contributed by atoms with E-state index in [1.165, 1.54) is 67.3 Å². The molecule has 4 heterocycles. The molecule has 12 rings (SSSR count). The van der Waals surface area contributed by atoms with Gasteiger partial charge in [0, 0.05) is 100 Å². The molecule has 0 aliphatic carbocycles. The van der Waals surface area contributed by atoms with E-state index in [9.17, 15) is 0 Å². The molecule has 0 fully saturated rings. The van der Waals surface area contributed by atoms with Crippen LogP contribution in [0.15, 0.2) is 138 Å². The summed E-state index contributed by atoms with van der Waals surface area (Å²) in [6, 6.07) is 48.0. The summed E-state index contributed by atoms with van der Waals surface area (Å²) in [5, 5.41) is 14.4. The summed E-state index contributed by atoms with van der Waals surface area (Å²) in [7, 11) is 0. The number of H-pyrrole nitrogens is 1. The fourth-order valence-corrected chi connectivity index (χ4v) is 10.7. The standard InChI is InChI=1S/C46H23NOS2/c1-5-13-37-33(11-1)41-25(23-35-29(43(41)47-37)19-21-31-27-9-3-7-15-39(27)49-45(31)35)17-18-26-24-36-30(44-42(26)34-12-2-6-14-38(34)48-44)20-22-32-28-10-4-8-16-40(28)50-46(32)36/h1-16,19-24,47H. The van der Waals surface area contributed by atoms with Crippen molar-refractivity contribution in [2.24, 2.45) is 0 Å². The van der Waals surface area contributed by atoms with E-state index in [0.717, 1.165) is 49.5 Å². The highest BCUT2D eigenvalue weighted by atomic mass is 32.1. The zero-order valence-corrected chi connectivity index (χ0v) is 28.1. The lowest BCUT2D eigenvalue weighted by molar-refractivity contribution is 0.672. The van der Waals surface area contributed by atoms with Gasteiger partial charge in [0.25, 0.3) is 0 Å². The van der Waals surface area contributed by atoms with Gasteiger partial charge in [0.1, 0.15) is 11.2 Å². The number of benzene rings is 8. The van der Waals surface area contributed by atoms with Gasteiger partial charge in [-0.25, -0.2) is 0 Å². The SMILES string of the molecule is C(#Cc1cc2c(ccc3c4ccccc4sc32)c2oc3ccccc3c12)c1cc2c(ccc3c4ccccc4sc32)c2[nH]c3ccccc3c12. The van der Waals surface area contributed by atoms with Crippen LogP contribution in [0.3, 0.4) is 0 Å². The average molecular weight is 670 g/mol. The summed E-state index contributed by atoms with van der Waals surface area (Å²) in [5.41, 5.74) is 6.04. The largest absolute Gasteiger partial charge is 0.455 e. The second kappa shape index (κ2) is 9.74. The van der Waals surface area contributed by atoms with Crippen molar-refractivity contribution in [3.05, 3.63) is 145 Å². The number of aromatic nitrogens is 1. The number of rotatable bonds is 0. The number of hydrogen-bond donors (Lipinski definition) is 1. The number of furan rings is 1. The third-order valence-corrected chi connectivity index (χ3v) is 12.9. The van der Waals surface area contributed by atoms with E-state index >= 15 is 0 Å². The second-order valence-electron chi connectivity index (χ2n) is 13.1. The number of nitrogens with one attached hydrogen (secondary N) is 1. The van der Waals surface area contributed by atoms with Gasteiger partial charge in [0.2, 0.25) is 0 Å². The van der Waals surface area contributed by atoms with Crippen LogP contribution in [0.5, 0.6) is 0 Å². The highest BCUT2D eigenvalue weighted by Gasteiger charge is 2.19. The highest BCUT2D eigenvalue weighted by molar-refractivity contribution is 7.27. The molecular formula is C46H23NOS2. The third kappa shape index (κ3) is 3.53. The Morgan fingerprint density at radius 2 is 0.980 bits per heavy atom. The van der Waals surface area contributed by atoms with Crippen molar-refractivity contribution in [1.82, 2.24) is 4.98 Å². The summed E-state index contributed by atoms with van der Waals surface area (Å²) in [5.74, 6) is 7.50. The molecule has 0 atom stereocenters. The van der Waals surface area contributed by atoms with Crippen LogP contribution in [-0.4, -0.2) is 4.98 Å². The van der Waals surface area contributed by atoms with Crippen molar-refractivity contribution in [3.63, 3.8) is 0 Å². The molecule has 4 aromatic heterocycles. The van der Waals surface area contributed by atoms with Crippen LogP contribution in [0.4, 0.5) is 0 Å². The molecular weight excluding hydrogens is 647 g/mol. The Bertz CT molecular complexity index is 3270. The van der Waals surface area contributed by atoms with Crippen molar-refractivity contribution in [3.8, 4) is 11.8 Å². The maximum atomic E-state index is 6.66. The van der Waals surface area contributed by atoms with Gasteiger partial charge in [-0.1, -0.05) is 103 Å². The second-order valence-corrected chi connectivity index (χ2v) is 15.2. The fourth-order valence-electron chi connectivity index (χ4n) is 8.21. The first-order chi connectivity index (χ1) is 24.8. The Labute approximate surface area is 292 Å². The summed E-state index contributed by atoms with van der Waals surface area (Å²) >= 11 is 3.71. The van der Waals surface area contributed by atoms with Crippen LogP contribution in [0, 0.1) is 11.8 Å². The van der Waals surface area contributed by atoms with E-state index in [4.69, 9.17) is 4.42 Å². The maximum Gasteiger partial charge on any atom is 0.144 e. The Kier molecular flexibility index (Phi) is 5.22. The van der Waals surface area contributed by atoms with Gasteiger partial charge >= 0.3 is 0 Å². The van der Waals surface area contributed by atoms with Crippen LogP contribution >= 0.6 is 22.7 Å². The smallest absolute Gasteiger partial charge is 0.144 e. The van der Waals surface area contributed by atoms with Gasteiger partial charge in [0.15, 0.2) is 0 Å².